The van der Waals surface area contributed by atoms with E-state index in [9.17, 15) is 14.9 Å². The Morgan fingerprint density at radius 1 is 0.815 bits per heavy atom. The molecule has 0 radical (unpaired) electrons. The molecule has 1 N–H and O–H groups in total. The van der Waals surface area contributed by atoms with E-state index in [4.69, 9.17) is 0 Å². The normalized spacial score (nSPS) is 13.5. The van der Waals surface area contributed by atoms with E-state index in [0.717, 1.165) is 5.56 Å². The smallest absolute Gasteiger partial charge is 0.144 e. The predicted molar refractivity (Wildman–Crippen MR) is 110 cm³/mol. The lowest BCUT2D eigenvalue weighted by Gasteiger charge is -2.24. The van der Waals surface area contributed by atoms with Crippen molar-refractivity contribution in [3.05, 3.63) is 96.6 Å². The highest BCUT2D eigenvalue weighted by atomic mass is 31.2. The van der Waals surface area contributed by atoms with Crippen molar-refractivity contribution in [1.29, 1.82) is 5.26 Å². The van der Waals surface area contributed by atoms with Crippen LogP contribution in [0.15, 0.2) is 91.0 Å². The van der Waals surface area contributed by atoms with Gasteiger partial charge in [-0.25, -0.2) is 0 Å². The second kappa shape index (κ2) is 8.82. The van der Waals surface area contributed by atoms with Crippen molar-refractivity contribution >= 4 is 17.8 Å². The molecule has 136 valence electrons. The van der Waals surface area contributed by atoms with Crippen LogP contribution in [0.2, 0.25) is 0 Å². The molecular weight excluding hydrogens is 353 g/mol. The first kappa shape index (κ1) is 19.1. The molecule has 2 atom stereocenters. The van der Waals surface area contributed by atoms with Gasteiger partial charge in [0.15, 0.2) is 0 Å². The summed E-state index contributed by atoms with van der Waals surface area (Å²) in [7, 11) is -3.04. The Morgan fingerprint density at radius 3 is 1.70 bits per heavy atom. The van der Waals surface area contributed by atoms with Crippen LogP contribution in [0.4, 0.5) is 0 Å². The summed E-state index contributed by atoms with van der Waals surface area (Å²) in [6.07, 6.45) is -0.396. The predicted octanol–water partition coefficient (Wildman–Crippen LogP) is 3.74. The Labute approximate surface area is 160 Å². The van der Waals surface area contributed by atoms with Crippen molar-refractivity contribution in [3.8, 4) is 6.07 Å². The molecule has 3 aromatic rings. The highest BCUT2D eigenvalue weighted by molar-refractivity contribution is 7.78. The molecular formula is C23H22NO2P. The molecule has 0 saturated carbocycles. The van der Waals surface area contributed by atoms with Crippen molar-refractivity contribution in [2.24, 2.45) is 5.92 Å². The first-order valence-electron chi connectivity index (χ1n) is 8.95. The average molecular weight is 375 g/mol. The summed E-state index contributed by atoms with van der Waals surface area (Å²) in [5, 5.41) is 21.8. The van der Waals surface area contributed by atoms with Gasteiger partial charge in [-0.15, -0.1) is 0 Å². The molecule has 2 unspecified atom stereocenters. The molecule has 0 aromatic heterocycles. The third-order valence-electron chi connectivity index (χ3n) is 4.72. The van der Waals surface area contributed by atoms with Gasteiger partial charge in [0, 0.05) is 16.8 Å². The summed E-state index contributed by atoms with van der Waals surface area (Å²) in [4.78, 5) is 0. The van der Waals surface area contributed by atoms with Crippen LogP contribution in [0.3, 0.4) is 0 Å². The van der Waals surface area contributed by atoms with E-state index in [-0.39, 0.29) is 6.16 Å². The second-order valence-corrected chi connectivity index (χ2v) is 9.46. The standard InChI is InChI=1S/C23H22NO2P/c24-17-20(23(25)16-19-10-4-1-5-11-19)18-27(26,21-12-6-2-7-13-21)22-14-8-3-9-15-22/h1-15,20,23,25H,16,18H2. The van der Waals surface area contributed by atoms with Gasteiger partial charge in [-0.2, -0.15) is 5.26 Å². The highest BCUT2D eigenvalue weighted by Gasteiger charge is 2.33. The number of nitrogens with zero attached hydrogens (tertiary/aromatic N) is 1. The van der Waals surface area contributed by atoms with Gasteiger partial charge in [-0.05, 0) is 12.0 Å². The van der Waals surface area contributed by atoms with Gasteiger partial charge >= 0.3 is 0 Å². The van der Waals surface area contributed by atoms with Crippen molar-refractivity contribution in [2.75, 3.05) is 6.16 Å². The van der Waals surface area contributed by atoms with Gasteiger partial charge in [-0.3, -0.25) is 0 Å². The molecule has 0 saturated heterocycles. The van der Waals surface area contributed by atoms with E-state index in [0.29, 0.717) is 17.0 Å². The summed E-state index contributed by atoms with van der Waals surface area (Å²) in [5.74, 6) is -0.726. The van der Waals surface area contributed by atoms with Crippen LogP contribution >= 0.6 is 7.14 Å². The zero-order valence-corrected chi connectivity index (χ0v) is 15.9. The SMILES string of the molecule is N#CC(CP(=O)(c1ccccc1)c1ccccc1)C(O)Cc1ccccc1. The summed E-state index contributed by atoms with van der Waals surface area (Å²) < 4.78 is 14.1. The minimum absolute atomic E-state index is 0.117. The average Bonchev–Trinajstić information content (AvgIpc) is 2.73. The van der Waals surface area contributed by atoms with Crippen molar-refractivity contribution in [3.63, 3.8) is 0 Å². The van der Waals surface area contributed by atoms with Crippen LogP contribution in [-0.2, 0) is 11.0 Å². The van der Waals surface area contributed by atoms with Crippen LogP contribution < -0.4 is 10.6 Å². The number of nitriles is 1. The zero-order chi connectivity index (χ0) is 19.1. The van der Waals surface area contributed by atoms with Gasteiger partial charge in [0.25, 0.3) is 0 Å². The van der Waals surface area contributed by atoms with E-state index in [1.807, 2.05) is 91.0 Å². The summed E-state index contributed by atoms with van der Waals surface area (Å²) in [5.41, 5.74) is 0.958. The van der Waals surface area contributed by atoms with Gasteiger partial charge in [0.2, 0.25) is 0 Å². The first-order valence-corrected chi connectivity index (χ1v) is 10.8. The molecule has 0 aliphatic carbocycles. The van der Waals surface area contributed by atoms with Gasteiger partial charge < -0.3 is 9.67 Å². The molecule has 0 bridgehead atoms. The lowest BCUT2D eigenvalue weighted by atomic mass is 9.99. The van der Waals surface area contributed by atoms with Crippen LogP contribution in [0.1, 0.15) is 5.56 Å². The Bertz CT molecular complexity index is 893. The molecule has 0 aliphatic heterocycles. The van der Waals surface area contributed by atoms with Gasteiger partial charge in [-0.1, -0.05) is 91.0 Å². The fourth-order valence-corrected chi connectivity index (χ4v) is 6.13. The summed E-state index contributed by atoms with van der Waals surface area (Å²) in [6, 6.07) is 30.3. The van der Waals surface area contributed by atoms with E-state index in [1.165, 1.54) is 0 Å². The molecule has 3 rings (SSSR count). The monoisotopic (exact) mass is 375 g/mol. The number of hydrogen-bond acceptors (Lipinski definition) is 3. The largest absolute Gasteiger partial charge is 0.391 e. The minimum Gasteiger partial charge on any atom is -0.391 e. The van der Waals surface area contributed by atoms with Crippen LogP contribution in [-0.4, -0.2) is 17.4 Å². The third kappa shape index (κ3) is 4.55. The highest BCUT2D eigenvalue weighted by Crippen LogP contribution is 2.45. The van der Waals surface area contributed by atoms with E-state index in [1.54, 1.807) is 0 Å². The molecule has 0 amide bonds. The molecule has 4 heteroatoms. The molecule has 3 aromatic carbocycles. The second-order valence-electron chi connectivity index (χ2n) is 6.59. The molecule has 3 nitrogen and oxygen atoms in total. The van der Waals surface area contributed by atoms with Crippen LogP contribution in [0, 0.1) is 17.2 Å². The zero-order valence-electron chi connectivity index (χ0n) is 15.0. The maximum Gasteiger partial charge on any atom is 0.144 e. The lowest BCUT2D eigenvalue weighted by molar-refractivity contribution is 0.142. The maximum atomic E-state index is 14.1. The quantitative estimate of drug-likeness (QED) is 0.640. The summed E-state index contributed by atoms with van der Waals surface area (Å²) >= 11 is 0. The Hall–Kier alpha value is -2.66. The number of hydrogen-bond donors (Lipinski definition) is 1. The Kier molecular flexibility index (Phi) is 6.24. The molecule has 27 heavy (non-hydrogen) atoms. The van der Waals surface area contributed by atoms with Crippen LogP contribution in [0.5, 0.6) is 0 Å². The number of benzene rings is 3. The van der Waals surface area contributed by atoms with Gasteiger partial charge in [0.1, 0.15) is 7.14 Å². The Morgan fingerprint density at radius 2 is 1.26 bits per heavy atom. The van der Waals surface area contributed by atoms with Crippen LogP contribution in [0.25, 0.3) is 0 Å². The van der Waals surface area contributed by atoms with Crippen molar-refractivity contribution in [2.45, 2.75) is 12.5 Å². The topological polar surface area (TPSA) is 61.1 Å². The minimum atomic E-state index is -3.04. The fourth-order valence-electron chi connectivity index (χ4n) is 3.22. The molecule has 0 spiro atoms. The van der Waals surface area contributed by atoms with Crippen molar-refractivity contribution in [1.82, 2.24) is 0 Å². The van der Waals surface area contributed by atoms with Crippen molar-refractivity contribution < 1.29 is 9.67 Å². The van der Waals surface area contributed by atoms with Gasteiger partial charge in [0.05, 0.1) is 18.1 Å². The first-order chi connectivity index (χ1) is 13.1. The number of aliphatic hydroxyl groups is 1. The molecule has 0 heterocycles. The molecule has 0 aliphatic rings. The number of aliphatic hydroxyl groups excluding tert-OH is 1. The van der Waals surface area contributed by atoms with E-state index >= 15 is 0 Å². The summed E-state index contributed by atoms with van der Waals surface area (Å²) in [6.45, 7) is 0. The lowest BCUT2D eigenvalue weighted by Crippen LogP contribution is -2.29. The van der Waals surface area contributed by atoms with E-state index in [2.05, 4.69) is 6.07 Å². The fraction of sp³-hybridized carbons (Fsp3) is 0.174. The third-order valence-corrected chi connectivity index (χ3v) is 7.89. The Balaban J connectivity index is 1.91. The van der Waals surface area contributed by atoms with E-state index < -0.39 is 19.2 Å². The maximum absolute atomic E-state index is 14.1. The number of rotatable bonds is 7. The molecule has 0 fully saturated rings.